The lowest BCUT2D eigenvalue weighted by Gasteiger charge is -2.13. The summed E-state index contributed by atoms with van der Waals surface area (Å²) in [6, 6.07) is 6.93. The van der Waals surface area contributed by atoms with E-state index in [1.54, 1.807) is 24.3 Å². The largest absolute Gasteiger partial charge is 0.481 e. The van der Waals surface area contributed by atoms with Gasteiger partial charge in [0.15, 0.2) is 0 Å². The molecule has 1 atom stereocenters. The van der Waals surface area contributed by atoms with Crippen molar-refractivity contribution in [3.63, 3.8) is 0 Å². The molecule has 0 amide bonds. The monoisotopic (exact) mass is 404 g/mol. The fourth-order valence-electron chi connectivity index (χ4n) is 1.80. The zero-order valence-electron chi connectivity index (χ0n) is 10.1. The van der Waals surface area contributed by atoms with Crippen molar-refractivity contribution in [1.82, 2.24) is 9.97 Å². The molecule has 0 radical (unpaired) electrons. The van der Waals surface area contributed by atoms with Crippen molar-refractivity contribution in [2.24, 2.45) is 0 Å². The molecule has 0 saturated carbocycles. The summed E-state index contributed by atoms with van der Waals surface area (Å²) in [6.07, 6.45) is 1.47. The number of carboxylic acid groups (broad SMARTS) is 1. The van der Waals surface area contributed by atoms with Crippen molar-refractivity contribution in [3.05, 3.63) is 60.8 Å². The van der Waals surface area contributed by atoms with Crippen LogP contribution in [0.3, 0.4) is 0 Å². The molecule has 104 valence electrons. The van der Waals surface area contributed by atoms with Crippen molar-refractivity contribution in [1.29, 1.82) is 0 Å². The van der Waals surface area contributed by atoms with Crippen LogP contribution in [0.5, 0.6) is 0 Å². The highest BCUT2D eigenvalue weighted by Gasteiger charge is 2.25. The number of carbonyl (C=O) groups is 1. The lowest BCUT2D eigenvalue weighted by Crippen LogP contribution is -2.22. The predicted molar refractivity (Wildman–Crippen MR) is 83.1 cm³/mol. The summed E-state index contributed by atoms with van der Waals surface area (Å²) in [4.78, 5) is 29.4. The van der Waals surface area contributed by atoms with Gasteiger partial charge in [-0.05, 0) is 46.7 Å². The summed E-state index contributed by atoms with van der Waals surface area (Å²) in [6.45, 7) is 0. The molecule has 2 aromatic rings. The van der Waals surface area contributed by atoms with Gasteiger partial charge in [-0.1, -0.05) is 23.7 Å². The quantitative estimate of drug-likeness (QED) is 0.767. The molecular formula is C13H10ClIN2O3. The van der Waals surface area contributed by atoms with E-state index in [1.165, 1.54) is 6.33 Å². The van der Waals surface area contributed by atoms with E-state index in [0.29, 0.717) is 8.59 Å². The number of benzene rings is 1. The molecule has 0 aliphatic carbocycles. The van der Waals surface area contributed by atoms with Crippen LogP contribution in [0.15, 0.2) is 35.4 Å². The van der Waals surface area contributed by atoms with Gasteiger partial charge in [0.05, 0.1) is 12.0 Å². The van der Waals surface area contributed by atoms with E-state index in [-0.39, 0.29) is 17.7 Å². The van der Waals surface area contributed by atoms with Crippen molar-refractivity contribution in [2.75, 3.05) is 0 Å². The number of hydrogen-bond acceptors (Lipinski definition) is 3. The number of nitrogens with one attached hydrogen (secondary N) is 1. The molecule has 0 saturated heterocycles. The first kappa shape index (κ1) is 15.0. The molecule has 20 heavy (non-hydrogen) atoms. The van der Waals surface area contributed by atoms with Gasteiger partial charge in [0, 0.05) is 5.02 Å². The average Bonchev–Trinajstić information content (AvgIpc) is 2.41. The Morgan fingerprint density at radius 2 is 2.05 bits per heavy atom. The normalized spacial score (nSPS) is 12.1. The first-order valence-electron chi connectivity index (χ1n) is 5.69. The summed E-state index contributed by atoms with van der Waals surface area (Å²) in [5.74, 6) is -1.89. The number of rotatable bonds is 4. The number of nitrogens with zero attached hydrogens (tertiary/aromatic N) is 1. The van der Waals surface area contributed by atoms with E-state index in [4.69, 9.17) is 11.6 Å². The van der Waals surface area contributed by atoms with Gasteiger partial charge in [0.1, 0.15) is 9.49 Å². The molecule has 1 aromatic heterocycles. The zero-order valence-corrected chi connectivity index (χ0v) is 13.1. The SMILES string of the molecule is O=C(O)C(Cc1ccc(Cl)cc1)c1nc[nH]c(=O)c1I. The highest BCUT2D eigenvalue weighted by molar-refractivity contribution is 14.1. The minimum Gasteiger partial charge on any atom is -0.481 e. The molecule has 0 aliphatic rings. The number of carboxylic acids is 1. The number of aliphatic carboxylic acids is 1. The maximum Gasteiger partial charge on any atom is 0.312 e. The smallest absolute Gasteiger partial charge is 0.312 e. The molecule has 2 rings (SSSR count). The van der Waals surface area contributed by atoms with Gasteiger partial charge in [0.2, 0.25) is 0 Å². The Bertz CT molecular complexity index is 685. The van der Waals surface area contributed by atoms with Crippen molar-refractivity contribution < 1.29 is 9.90 Å². The molecular weight excluding hydrogens is 395 g/mol. The number of H-pyrrole nitrogens is 1. The van der Waals surface area contributed by atoms with Crippen molar-refractivity contribution in [3.8, 4) is 0 Å². The number of aromatic amines is 1. The summed E-state index contributed by atoms with van der Waals surface area (Å²) >= 11 is 7.61. The number of hydrogen-bond donors (Lipinski definition) is 2. The molecule has 0 bridgehead atoms. The number of halogens is 2. The Balaban J connectivity index is 2.37. The van der Waals surface area contributed by atoms with E-state index < -0.39 is 11.9 Å². The first-order valence-corrected chi connectivity index (χ1v) is 7.15. The lowest BCUT2D eigenvalue weighted by molar-refractivity contribution is -0.138. The minimum atomic E-state index is -1.02. The molecule has 5 nitrogen and oxygen atoms in total. The van der Waals surface area contributed by atoms with Gasteiger partial charge in [-0.25, -0.2) is 4.98 Å². The maximum atomic E-state index is 11.6. The van der Waals surface area contributed by atoms with Crippen LogP contribution in [0.25, 0.3) is 0 Å². The summed E-state index contributed by atoms with van der Waals surface area (Å²) < 4.78 is 0.298. The van der Waals surface area contributed by atoms with E-state index in [9.17, 15) is 14.7 Å². The van der Waals surface area contributed by atoms with Crippen LogP contribution < -0.4 is 5.56 Å². The maximum absolute atomic E-state index is 11.6. The van der Waals surface area contributed by atoms with Crippen LogP contribution in [0.1, 0.15) is 17.2 Å². The third kappa shape index (κ3) is 3.37. The molecule has 0 spiro atoms. The van der Waals surface area contributed by atoms with Gasteiger partial charge >= 0.3 is 5.97 Å². The fraction of sp³-hybridized carbons (Fsp3) is 0.154. The van der Waals surface area contributed by atoms with Crippen LogP contribution in [-0.4, -0.2) is 21.0 Å². The molecule has 0 fully saturated rings. The topological polar surface area (TPSA) is 83.0 Å². The van der Waals surface area contributed by atoms with E-state index in [1.807, 2.05) is 22.6 Å². The van der Waals surface area contributed by atoms with Crippen LogP contribution in [0.2, 0.25) is 5.02 Å². The third-order valence-electron chi connectivity index (χ3n) is 2.80. The summed E-state index contributed by atoms with van der Waals surface area (Å²) in [5.41, 5.74) is 0.759. The zero-order chi connectivity index (χ0) is 14.7. The Morgan fingerprint density at radius 1 is 1.40 bits per heavy atom. The van der Waals surface area contributed by atoms with E-state index in [2.05, 4.69) is 9.97 Å². The summed E-state index contributed by atoms with van der Waals surface area (Å²) in [7, 11) is 0. The highest BCUT2D eigenvalue weighted by Crippen LogP contribution is 2.23. The van der Waals surface area contributed by atoms with Crippen LogP contribution in [0, 0.1) is 3.57 Å². The van der Waals surface area contributed by atoms with Crippen LogP contribution in [-0.2, 0) is 11.2 Å². The molecule has 1 aromatic carbocycles. The second kappa shape index (κ2) is 6.36. The highest BCUT2D eigenvalue weighted by atomic mass is 127. The Morgan fingerprint density at radius 3 is 2.65 bits per heavy atom. The van der Waals surface area contributed by atoms with E-state index in [0.717, 1.165) is 5.56 Å². The summed E-state index contributed by atoms with van der Waals surface area (Å²) in [5, 5.41) is 9.96. The van der Waals surface area contributed by atoms with Gasteiger partial charge in [-0.15, -0.1) is 0 Å². The fourth-order valence-corrected chi connectivity index (χ4v) is 2.59. The molecule has 1 unspecified atom stereocenters. The Kier molecular flexibility index (Phi) is 4.77. The van der Waals surface area contributed by atoms with Gasteiger partial charge in [-0.2, -0.15) is 0 Å². The van der Waals surface area contributed by atoms with Crippen LogP contribution in [0.4, 0.5) is 0 Å². The molecule has 7 heteroatoms. The third-order valence-corrected chi connectivity index (χ3v) is 4.10. The Labute approximate surface area is 133 Å². The van der Waals surface area contributed by atoms with Crippen LogP contribution >= 0.6 is 34.2 Å². The minimum absolute atomic E-state index is 0.249. The second-order valence-electron chi connectivity index (χ2n) is 4.15. The van der Waals surface area contributed by atoms with Crippen molar-refractivity contribution >= 4 is 40.2 Å². The predicted octanol–water partition coefficient (Wildman–Crippen LogP) is 2.44. The molecule has 1 heterocycles. The second-order valence-corrected chi connectivity index (χ2v) is 5.67. The standard InChI is InChI=1S/C13H10ClIN2O3/c14-8-3-1-7(2-4-8)5-9(13(19)20)11-10(15)12(18)17-6-16-11/h1-4,6,9H,5H2,(H,19,20)(H,16,17,18). The average molecular weight is 405 g/mol. The van der Waals surface area contributed by atoms with E-state index >= 15 is 0 Å². The lowest BCUT2D eigenvalue weighted by atomic mass is 9.96. The molecule has 0 aliphatic heterocycles. The van der Waals surface area contributed by atoms with Gasteiger partial charge < -0.3 is 10.1 Å². The number of aromatic nitrogens is 2. The Hall–Kier alpha value is -1.41. The van der Waals surface area contributed by atoms with Gasteiger partial charge in [0.25, 0.3) is 5.56 Å². The van der Waals surface area contributed by atoms with Gasteiger partial charge in [-0.3, -0.25) is 9.59 Å². The van der Waals surface area contributed by atoms with Crippen molar-refractivity contribution in [2.45, 2.75) is 12.3 Å². The first-order chi connectivity index (χ1) is 9.49. The molecule has 2 N–H and O–H groups in total.